The van der Waals surface area contributed by atoms with Gasteiger partial charge in [0.2, 0.25) is 12.6 Å². The van der Waals surface area contributed by atoms with Crippen LogP contribution in [-0.2, 0) is 14.3 Å². The van der Waals surface area contributed by atoms with Crippen molar-refractivity contribution in [2.75, 3.05) is 27.9 Å². The minimum atomic E-state index is -0.431. The lowest BCUT2D eigenvalue weighted by Crippen LogP contribution is -2.41. The third kappa shape index (κ3) is 5.68. The summed E-state index contributed by atoms with van der Waals surface area (Å²) >= 11 is 0. The summed E-state index contributed by atoms with van der Waals surface area (Å²) in [5, 5.41) is 0. The molecular weight excluding hydrogens is 220 g/mol. The Morgan fingerprint density at radius 3 is 1.88 bits per heavy atom. The molecule has 0 bridgehead atoms. The summed E-state index contributed by atoms with van der Waals surface area (Å²) in [6, 6.07) is 0. The zero-order valence-electron chi connectivity index (χ0n) is 11.5. The fraction of sp³-hybridized carbons (Fsp3) is 0.833. The van der Waals surface area contributed by atoms with Crippen molar-refractivity contribution in [2.45, 2.75) is 26.7 Å². The standard InChI is InChI=1S/C12H24N2O3/c1-6-9(11(13)15)10(7-2)12(16)17-8-14(3,4)5/h9-10H,6-8H2,1-5H3,(H-,13,15)/p+1. The number of hydrogen-bond donors (Lipinski definition) is 1. The Balaban J connectivity index is 4.55. The average Bonchev–Trinajstić information content (AvgIpc) is 2.20. The van der Waals surface area contributed by atoms with E-state index in [0.717, 1.165) is 0 Å². The van der Waals surface area contributed by atoms with Gasteiger partial charge in [0.25, 0.3) is 0 Å². The summed E-state index contributed by atoms with van der Waals surface area (Å²) in [6.45, 7) is 4.01. The second-order valence-electron chi connectivity index (χ2n) is 5.31. The van der Waals surface area contributed by atoms with Crippen molar-refractivity contribution < 1.29 is 18.8 Å². The molecule has 0 aromatic heterocycles. The summed E-state index contributed by atoms with van der Waals surface area (Å²) in [6.07, 6.45) is 1.13. The number of esters is 1. The molecule has 5 heteroatoms. The first-order valence-corrected chi connectivity index (χ1v) is 5.99. The van der Waals surface area contributed by atoms with Crippen molar-refractivity contribution >= 4 is 11.9 Å². The lowest BCUT2D eigenvalue weighted by Gasteiger charge is -2.26. The van der Waals surface area contributed by atoms with Gasteiger partial charge in [0.05, 0.1) is 33.0 Å². The van der Waals surface area contributed by atoms with E-state index in [2.05, 4.69) is 0 Å². The third-order valence-electron chi connectivity index (χ3n) is 2.63. The van der Waals surface area contributed by atoms with Gasteiger partial charge in [-0.3, -0.25) is 14.1 Å². The number of nitrogens with zero attached hydrogens (tertiary/aromatic N) is 1. The van der Waals surface area contributed by atoms with Crippen LogP contribution in [0.25, 0.3) is 0 Å². The molecule has 0 aliphatic rings. The Labute approximate surface area is 103 Å². The second-order valence-corrected chi connectivity index (χ2v) is 5.31. The van der Waals surface area contributed by atoms with E-state index in [4.69, 9.17) is 10.5 Å². The van der Waals surface area contributed by atoms with E-state index < -0.39 is 17.7 Å². The summed E-state index contributed by atoms with van der Waals surface area (Å²) in [5.41, 5.74) is 5.29. The topological polar surface area (TPSA) is 69.4 Å². The molecule has 2 N–H and O–H groups in total. The van der Waals surface area contributed by atoms with Crippen molar-refractivity contribution in [3.05, 3.63) is 0 Å². The van der Waals surface area contributed by atoms with Gasteiger partial charge in [-0.2, -0.15) is 0 Å². The summed E-state index contributed by atoms with van der Waals surface area (Å²) < 4.78 is 5.76. The van der Waals surface area contributed by atoms with E-state index in [1.165, 1.54) is 0 Å². The molecule has 0 aliphatic heterocycles. The highest BCUT2D eigenvalue weighted by atomic mass is 16.5. The molecule has 0 saturated carbocycles. The molecular formula is C12H25N2O3+. The molecule has 1 amide bonds. The van der Waals surface area contributed by atoms with Gasteiger partial charge in [0.15, 0.2) is 0 Å². The first kappa shape index (κ1) is 15.9. The van der Waals surface area contributed by atoms with Crippen LogP contribution in [0, 0.1) is 11.8 Å². The predicted molar refractivity (Wildman–Crippen MR) is 65.7 cm³/mol. The molecule has 0 rings (SSSR count). The van der Waals surface area contributed by atoms with E-state index in [9.17, 15) is 9.59 Å². The summed E-state index contributed by atoms with van der Waals surface area (Å²) in [7, 11) is 5.79. The molecule has 0 radical (unpaired) electrons. The normalized spacial score (nSPS) is 15.1. The van der Waals surface area contributed by atoms with Gasteiger partial charge >= 0.3 is 5.97 Å². The van der Waals surface area contributed by atoms with Crippen molar-refractivity contribution in [1.82, 2.24) is 0 Å². The van der Waals surface area contributed by atoms with Gasteiger partial charge in [0, 0.05) is 0 Å². The number of amides is 1. The molecule has 0 aromatic rings. The van der Waals surface area contributed by atoms with Gasteiger partial charge in [-0.1, -0.05) is 13.8 Å². The van der Waals surface area contributed by atoms with Crippen LogP contribution in [0.3, 0.4) is 0 Å². The highest BCUT2D eigenvalue weighted by molar-refractivity contribution is 5.84. The van der Waals surface area contributed by atoms with Crippen LogP contribution in [-0.4, -0.2) is 44.2 Å². The van der Waals surface area contributed by atoms with Crippen LogP contribution in [0.15, 0.2) is 0 Å². The molecule has 0 aromatic carbocycles. The van der Waals surface area contributed by atoms with Crippen molar-refractivity contribution in [2.24, 2.45) is 17.6 Å². The molecule has 0 heterocycles. The number of primary amides is 1. The van der Waals surface area contributed by atoms with Crippen LogP contribution in [0.2, 0.25) is 0 Å². The second kappa shape index (κ2) is 6.59. The maximum Gasteiger partial charge on any atom is 0.314 e. The zero-order chi connectivity index (χ0) is 13.6. The maximum atomic E-state index is 11.9. The highest BCUT2D eigenvalue weighted by Gasteiger charge is 2.31. The molecule has 0 spiro atoms. The minimum absolute atomic E-state index is 0.296. The molecule has 100 valence electrons. The molecule has 17 heavy (non-hydrogen) atoms. The van der Waals surface area contributed by atoms with Crippen LogP contribution in [0.4, 0.5) is 0 Å². The predicted octanol–water partition coefficient (Wildman–Crippen LogP) is 0.731. The summed E-state index contributed by atoms with van der Waals surface area (Å²) in [5.74, 6) is -1.61. The fourth-order valence-corrected chi connectivity index (χ4v) is 1.66. The Hall–Kier alpha value is -1.10. The van der Waals surface area contributed by atoms with Gasteiger partial charge < -0.3 is 10.5 Å². The van der Waals surface area contributed by atoms with Gasteiger partial charge in [0.1, 0.15) is 0 Å². The Morgan fingerprint density at radius 2 is 1.59 bits per heavy atom. The molecule has 2 unspecified atom stereocenters. The number of rotatable bonds is 7. The van der Waals surface area contributed by atoms with Crippen molar-refractivity contribution in [3.8, 4) is 0 Å². The highest BCUT2D eigenvalue weighted by Crippen LogP contribution is 2.20. The average molecular weight is 245 g/mol. The van der Waals surface area contributed by atoms with E-state index in [0.29, 0.717) is 24.1 Å². The van der Waals surface area contributed by atoms with E-state index in [1.807, 2.05) is 35.0 Å². The third-order valence-corrected chi connectivity index (χ3v) is 2.63. The SMILES string of the molecule is CCC(C(N)=O)C(CC)C(=O)OC[N+](C)(C)C. The lowest BCUT2D eigenvalue weighted by molar-refractivity contribution is -0.888. The maximum absolute atomic E-state index is 11.9. The molecule has 0 fully saturated rings. The van der Waals surface area contributed by atoms with E-state index in [-0.39, 0.29) is 5.97 Å². The molecule has 2 atom stereocenters. The monoisotopic (exact) mass is 245 g/mol. The number of ether oxygens (including phenoxy) is 1. The van der Waals surface area contributed by atoms with Crippen LogP contribution < -0.4 is 5.73 Å². The van der Waals surface area contributed by atoms with E-state index >= 15 is 0 Å². The number of carbonyl (C=O) groups excluding carboxylic acids is 2. The van der Waals surface area contributed by atoms with Crippen molar-refractivity contribution in [1.29, 1.82) is 0 Å². The smallest absolute Gasteiger partial charge is 0.314 e. The Morgan fingerprint density at radius 1 is 1.12 bits per heavy atom. The van der Waals surface area contributed by atoms with Gasteiger partial charge in [-0.25, -0.2) is 0 Å². The lowest BCUT2D eigenvalue weighted by atomic mass is 9.87. The zero-order valence-corrected chi connectivity index (χ0v) is 11.5. The molecule has 0 aliphatic carbocycles. The minimum Gasteiger partial charge on any atom is -0.415 e. The van der Waals surface area contributed by atoms with Gasteiger partial charge in [-0.05, 0) is 12.8 Å². The van der Waals surface area contributed by atoms with Crippen molar-refractivity contribution in [3.63, 3.8) is 0 Å². The number of nitrogens with two attached hydrogens (primary N) is 1. The Kier molecular flexibility index (Phi) is 6.16. The van der Waals surface area contributed by atoms with E-state index in [1.54, 1.807) is 0 Å². The largest absolute Gasteiger partial charge is 0.415 e. The molecule has 0 saturated heterocycles. The first-order chi connectivity index (χ1) is 7.72. The van der Waals surface area contributed by atoms with Crippen LogP contribution >= 0.6 is 0 Å². The quantitative estimate of drug-likeness (QED) is 0.408. The van der Waals surface area contributed by atoms with Gasteiger partial charge in [-0.15, -0.1) is 0 Å². The summed E-state index contributed by atoms with van der Waals surface area (Å²) in [4.78, 5) is 23.1. The fourth-order valence-electron chi connectivity index (χ4n) is 1.66. The number of carbonyl (C=O) groups is 2. The Bertz CT molecular complexity index is 271. The van der Waals surface area contributed by atoms with Crippen LogP contribution in [0.1, 0.15) is 26.7 Å². The number of quaternary nitrogens is 1. The first-order valence-electron chi connectivity index (χ1n) is 5.99. The van der Waals surface area contributed by atoms with Crippen LogP contribution in [0.5, 0.6) is 0 Å². The molecule has 5 nitrogen and oxygen atoms in total. The number of hydrogen-bond acceptors (Lipinski definition) is 3.